The highest BCUT2D eigenvalue weighted by Crippen LogP contribution is 2.40. The minimum absolute atomic E-state index is 0.0389. The zero-order chi connectivity index (χ0) is 37.8. The van der Waals surface area contributed by atoms with Gasteiger partial charge in [-0.15, -0.1) is 0 Å². The van der Waals surface area contributed by atoms with Crippen LogP contribution in [0.25, 0.3) is 0 Å². The minimum Gasteiger partial charge on any atom is -0.369 e. The van der Waals surface area contributed by atoms with Crippen molar-refractivity contribution in [3.05, 3.63) is 35.9 Å². The van der Waals surface area contributed by atoms with Crippen LogP contribution in [0.5, 0.6) is 0 Å². The number of unbranched alkanes of at least 4 members (excludes halogenated alkanes) is 2. The van der Waals surface area contributed by atoms with Crippen molar-refractivity contribution in [2.24, 2.45) is 17.1 Å². The zero-order valence-corrected chi connectivity index (χ0v) is 30.7. The third-order valence-electron chi connectivity index (χ3n) is 9.58. The number of nitrogens with one attached hydrogen (secondary N) is 5. The number of hydrogen-bond donors (Lipinski definition) is 6. The lowest BCUT2D eigenvalue weighted by molar-refractivity contribution is -0.134. The Labute approximate surface area is 301 Å². The molecule has 0 bridgehead atoms. The molecular formula is C36H58N8O7. The summed E-state index contributed by atoms with van der Waals surface area (Å²) < 4.78 is 0. The second-order valence-corrected chi connectivity index (χ2v) is 13.5. The molecule has 7 N–H and O–H groups in total. The quantitative estimate of drug-likeness (QED) is 0.0790. The predicted molar refractivity (Wildman–Crippen MR) is 193 cm³/mol. The zero-order valence-electron chi connectivity index (χ0n) is 30.7. The minimum atomic E-state index is -1.02. The summed E-state index contributed by atoms with van der Waals surface area (Å²) in [7, 11) is 1.68. The number of likely N-dealkylation sites (N-methyl/N-ethyl adjacent to an activating group) is 1. The average Bonchev–Trinajstić information content (AvgIpc) is 3.48. The Balaban J connectivity index is 1.69. The summed E-state index contributed by atoms with van der Waals surface area (Å²) in [6.45, 7) is 7.58. The Hall–Kier alpha value is -4.53. The number of nitrogens with two attached hydrogens (primary N) is 1. The highest BCUT2D eigenvalue weighted by atomic mass is 16.2. The Bertz CT molecular complexity index is 1320. The van der Waals surface area contributed by atoms with Crippen LogP contribution in [0, 0.1) is 11.3 Å². The molecule has 1 aliphatic heterocycles. The average molecular weight is 715 g/mol. The number of carbonyl (C=O) groups excluding carboxylic acids is 7. The highest BCUT2D eigenvalue weighted by Gasteiger charge is 2.42. The number of likely N-dealkylation sites (tertiary alicyclic amines) is 1. The molecule has 0 spiro atoms. The van der Waals surface area contributed by atoms with Crippen LogP contribution < -0.4 is 32.3 Å². The van der Waals surface area contributed by atoms with Crippen LogP contribution in [0.1, 0.15) is 71.3 Å². The van der Waals surface area contributed by atoms with Gasteiger partial charge in [-0.1, -0.05) is 57.5 Å². The van der Waals surface area contributed by atoms with Crippen LogP contribution in [0.15, 0.2) is 30.3 Å². The lowest BCUT2D eigenvalue weighted by Gasteiger charge is -2.32. The van der Waals surface area contributed by atoms with Crippen LogP contribution in [0.4, 0.5) is 0 Å². The first-order chi connectivity index (χ1) is 24.3. The summed E-state index contributed by atoms with van der Waals surface area (Å²) in [4.78, 5) is 90.0. The van der Waals surface area contributed by atoms with Gasteiger partial charge >= 0.3 is 0 Å². The molecule has 1 heterocycles. The summed E-state index contributed by atoms with van der Waals surface area (Å²) in [5, 5.41) is 12.8. The summed E-state index contributed by atoms with van der Waals surface area (Å²) in [5.41, 5.74) is 5.96. The van der Waals surface area contributed by atoms with Crippen molar-refractivity contribution in [3.63, 3.8) is 0 Å². The van der Waals surface area contributed by atoms with Crippen molar-refractivity contribution in [1.82, 2.24) is 36.4 Å². The number of primary amides is 1. The van der Waals surface area contributed by atoms with Crippen molar-refractivity contribution in [1.29, 1.82) is 0 Å². The SMILES string of the molecule is CCC(C)(CC)C1CCN(CCCCCC(=O)NCC(=O)NCC(=O)N[C@@H](Cc2ccccc2)C(=O)NCC(=O)NCCN(C)CC(N)=O)C1=O. The Morgan fingerprint density at radius 2 is 1.51 bits per heavy atom. The number of rotatable bonds is 24. The van der Waals surface area contributed by atoms with E-state index >= 15 is 0 Å². The molecule has 15 nitrogen and oxygen atoms in total. The molecule has 0 aromatic heterocycles. The van der Waals surface area contributed by atoms with Gasteiger partial charge < -0.3 is 37.2 Å². The number of amides is 7. The van der Waals surface area contributed by atoms with E-state index in [4.69, 9.17) is 5.73 Å². The number of hydrogen-bond acceptors (Lipinski definition) is 8. The van der Waals surface area contributed by atoms with Gasteiger partial charge in [0.05, 0.1) is 26.2 Å². The van der Waals surface area contributed by atoms with E-state index in [1.54, 1.807) is 36.2 Å². The van der Waals surface area contributed by atoms with Crippen molar-refractivity contribution in [3.8, 4) is 0 Å². The molecule has 1 aromatic carbocycles. The summed E-state index contributed by atoms with van der Waals surface area (Å²) >= 11 is 0. The Morgan fingerprint density at radius 1 is 0.882 bits per heavy atom. The summed E-state index contributed by atoms with van der Waals surface area (Å²) in [6.07, 6.45) is 5.47. The molecule has 7 amide bonds. The molecule has 1 saturated heterocycles. The number of nitrogens with zero attached hydrogens (tertiary/aromatic N) is 2. The van der Waals surface area contributed by atoms with Gasteiger partial charge in [-0.25, -0.2) is 0 Å². The van der Waals surface area contributed by atoms with Crippen molar-refractivity contribution in [2.75, 3.05) is 59.4 Å². The van der Waals surface area contributed by atoms with Gasteiger partial charge in [0, 0.05) is 44.9 Å². The number of carbonyl (C=O) groups is 7. The molecule has 2 rings (SSSR count). The van der Waals surface area contributed by atoms with Gasteiger partial charge in [0.2, 0.25) is 41.4 Å². The molecule has 0 radical (unpaired) electrons. The van der Waals surface area contributed by atoms with E-state index < -0.39 is 42.1 Å². The van der Waals surface area contributed by atoms with Gasteiger partial charge in [0.15, 0.2) is 0 Å². The van der Waals surface area contributed by atoms with Gasteiger partial charge in [-0.3, -0.25) is 38.5 Å². The monoisotopic (exact) mass is 714 g/mol. The topological polar surface area (TPSA) is 212 Å². The van der Waals surface area contributed by atoms with Crippen molar-refractivity contribution < 1.29 is 33.6 Å². The van der Waals surface area contributed by atoms with Crippen LogP contribution in [-0.2, 0) is 40.0 Å². The smallest absolute Gasteiger partial charge is 0.243 e. The van der Waals surface area contributed by atoms with E-state index in [0.29, 0.717) is 19.5 Å². The molecule has 2 atom stereocenters. The maximum atomic E-state index is 13.0. The fourth-order valence-electron chi connectivity index (χ4n) is 6.01. The van der Waals surface area contributed by atoms with Crippen molar-refractivity contribution >= 4 is 41.4 Å². The lowest BCUT2D eigenvalue weighted by Crippen LogP contribution is -2.52. The normalized spacial score (nSPS) is 14.9. The molecule has 0 aliphatic carbocycles. The van der Waals surface area contributed by atoms with Gasteiger partial charge in [0.1, 0.15) is 6.04 Å². The fraction of sp³-hybridized carbons (Fsp3) is 0.639. The predicted octanol–water partition coefficient (Wildman–Crippen LogP) is -0.169. The van der Waals surface area contributed by atoms with Crippen LogP contribution >= 0.6 is 0 Å². The van der Waals surface area contributed by atoms with Crippen LogP contribution in [0.3, 0.4) is 0 Å². The summed E-state index contributed by atoms with van der Waals surface area (Å²) in [6, 6.07) is 7.98. The third-order valence-corrected chi connectivity index (χ3v) is 9.58. The first kappa shape index (κ1) is 42.6. The lowest BCUT2D eigenvalue weighted by atomic mass is 9.72. The number of benzene rings is 1. The molecule has 1 fully saturated rings. The molecule has 1 aromatic rings. The Morgan fingerprint density at radius 3 is 2.18 bits per heavy atom. The van der Waals surface area contributed by atoms with Crippen LogP contribution in [0.2, 0.25) is 0 Å². The standard InChI is InChI=1S/C36H58N8O7/c1-5-36(3,6-2)27-16-19-44(35(27)51)18-12-8-11-15-30(46)39-22-32(48)40-24-33(49)42-28(21-26-13-9-7-10-14-26)34(50)41-23-31(47)38-17-20-43(4)25-29(37)45/h7,9-10,13-14,27-28H,5-6,8,11-12,15-25H2,1-4H3,(H2,37,45)(H,38,47)(H,39,46)(H,40,48)(H,41,50)(H,42,49)/t27?,28-/m0/s1. The molecule has 1 unspecified atom stereocenters. The van der Waals surface area contributed by atoms with E-state index in [2.05, 4.69) is 47.4 Å². The molecule has 15 heteroatoms. The first-order valence-electron chi connectivity index (χ1n) is 17.9. The second-order valence-electron chi connectivity index (χ2n) is 13.5. The second kappa shape index (κ2) is 22.3. The van der Waals surface area contributed by atoms with E-state index in [0.717, 1.165) is 44.2 Å². The molecule has 0 saturated carbocycles. The van der Waals surface area contributed by atoms with Gasteiger partial charge in [-0.05, 0) is 50.1 Å². The maximum absolute atomic E-state index is 13.0. The van der Waals surface area contributed by atoms with E-state index in [1.165, 1.54) is 0 Å². The van der Waals surface area contributed by atoms with E-state index in [-0.39, 0.29) is 62.2 Å². The molecule has 1 aliphatic rings. The van der Waals surface area contributed by atoms with Gasteiger partial charge in [0.25, 0.3) is 0 Å². The summed E-state index contributed by atoms with van der Waals surface area (Å²) in [5.74, 6) is -2.66. The molecular weight excluding hydrogens is 656 g/mol. The first-order valence-corrected chi connectivity index (χ1v) is 17.9. The van der Waals surface area contributed by atoms with E-state index in [1.807, 2.05) is 11.0 Å². The highest BCUT2D eigenvalue weighted by molar-refractivity contribution is 5.92. The van der Waals surface area contributed by atoms with Crippen LogP contribution in [-0.4, -0.2) is 117 Å². The molecule has 284 valence electrons. The van der Waals surface area contributed by atoms with E-state index in [9.17, 15) is 33.6 Å². The Kier molecular flexibility index (Phi) is 18.7. The maximum Gasteiger partial charge on any atom is 0.243 e. The van der Waals surface area contributed by atoms with Crippen molar-refractivity contribution in [2.45, 2.75) is 78.2 Å². The third kappa shape index (κ3) is 15.9. The largest absolute Gasteiger partial charge is 0.369 e. The fourth-order valence-corrected chi connectivity index (χ4v) is 6.01. The molecule has 51 heavy (non-hydrogen) atoms. The van der Waals surface area contributed by atoms with Gasteiger partial charge in [-0.2, -0.15) is 0 Å².